The van der Waals surface area contributed by atoms with Crippen LogP contribution in [0.2, 0.25) is 0 Å². The van der Waals surface area contributed by atoms with E-state index in [0.29, 0.717) is 4.88 Å². The molecule has 0 radical (unpaired) electrons. The first kappa shape index (κ1) is 15.4. The average Bonchev–Trinajstić information content (AvgIpc) is 2.93. The van der Waals surface area contributed by atoms with E-state index in [1.54, 1.807) is 0 Å². The van der Waals surface area contributed by atoms with E-state index in [1.165, 1.54) is 16.9 Å². The van der Waals surface area contributed by atoms with Crippen molar-refractivity contribution in [1.29, 1.82) is 0 Å². The van der Waals surface area contributed by atoms with Crippen molar-refractivity contribution >= 4 is 22.9 Å². The van der Waals surface area contributed by atoms with Crippen molar-refractivity contribution < 1.29 is 4.79 Å². The van der Waals surface area contributed by atoms with E-state index in [4.69, 9.17) is 0 Å². The first-order valence-corrected chi connectivity index (χ1v) is 8.27. The third-order valence-corrected chi connectivity index (χ3v) is 4.59. The summed E-state index contributed by atoms with van der Waals surface area (Å²) in [5, 5.41) is 3.89. The predicted octanol–water partition coefficient (Wildman–Crippen LogP) is 4.99. The molecule has 0 bridgehead atoms. The molecule has 0 aliphatic rings. The molecule has 0 aliphatic carbocycles. The number of amides is 1. The standard InChI is InChI=1S/C19H18N2OS/c1-12-9-10-16(13(2)11-12)21-19(22)18-17(20-14(3)23-18)15-7-5-4-6-8-15/h4-11H,1-3H3,(H,21,22). The average molecular weight is 322 g/mol. The Morgan fingerprint density at radius 2 is 1.78 bits per heavy atom. The summed E-state index contributed by atoms with van der Waals surface area (Å²) < 4.78 is 0. The summed E-state index contributed by atoms with van der Waals surface area (Å²) in [6, 6.07) is 15.8. The second-order valence-electron chi connectivity index (χ2n) is 5.55. The zero-order valence-corrected chi connectivity index (χ0v) is 14.2. The van der Waals surface area contributed by atoms with Crippen molar-refractivity contribution in [3.63, 3.8) is 0 Å². The van der Waals surface area contributed by atoms with Crippen LogP contribution in [0.25, 0.3) is 11.3 Å². The van der Waals surface area contributed by atoms with Crippen LogP contribution in [0.4, 0.5) is 5.69 Å². The molecule has 1 amide bonds. The highest BCUT2D eigenvalue weighted by atomic mass is 32.1. The van der Waals surface area contributed by atoms with Crippen molar-refractivity contribution in [2.24, 2.45) is 0 Å². The molecule has 116 valence electrons. The predicted molar refractivity (Wildman–Crippen MR) is 96.2 cm³/mol. The van der Waals surface area contributed by atoms with Crippen molar-refractivity contribution in [2.45, 2.75) is 20.8 Å². The molecule has 0 aliphatic heterocycles. The van der Waals surface area contributed by atoms with Crippen molar-refractivity contribution in [1.82, 2.24) is 4.98 Å². The summed E-state index contributed by atoms with van der Waals surface area (Å²) in [5.74, 6) is -0.110. The van der Waals surface area contributed by atoms with Crippen molar-refractivity contribution in [3.05, 3.63) is 69.5 Å². The van der Waals surface area contributed by atoms with E-state index >= 15 is 0 Å². The van der Waals surface area contributed by atoms with Gasteiger partial charge in [-0.3, -0.25) is 4.79 Å². The number of hydrogen-bond donors (Lipinski definition) is 1. The molecule has 0 unspecified atom stereocenters. The molecule has 23 heavy (non-hydrogen) atoms. The molecule has 1 aromatic heterocycles. The number of aryl methyl sites for hydroxylation is 3. The molecule has 1 N–H and O–H groups in total. The molecular formula is C19H18N2OS. The number of aromatic nitrogens is 1. The van der Waals surface area contributed by atoms with Gasteiger partial charge in [0.05, 0.1) is 10.7 Å². The molecular weight excluding hydrogens is 304 g/mol. The number of rotatable bonds is 3. The minimum Gasteiger partial charge on any atom is -0.321 e. The molecule has 0 fully saturated rings. The van der Waals surface area contributed by atoms with E-state index in [2.05, 4.69) is 16.4 Å². The Morgan fingerprint density at radius 3 is 2.48 bits per heavy atom. The molecule has 2 aromatic carbocycles. The molecule has 3 rings (SSSR count). The molecule has 4 heteroatoms. The third kappa shape index (κ3) is 3.32. The van der Waals surface area contributed by atoms with Gasteiger partial charge in [-0.15, -0.1) is 11.3 Å². The van der Waals surface area contributed by atoms with Crippen molar-refractivity contribution in [3.8, 4) is 11.3 Å². The molecule has 0 spiro atoms. The van der Waals surface area contributed by atoms with Gasteiger partial charge in [0, 0.05) is 11.3 Å². The van der Waals surface area contributed by atoms with Crippen LogP contribution in [-0.2, 0) is 0 Å². The van der Waals surface area contributed by atoms with Gasteiger partial charge in [0.1, 0.15) is 4.88 Å². The normalized spacial score (nSPS) is 10.6. The fourth-order valence-electron chi connectivity index (χ4n) is 2.51. The Labute approximate surface area is 140 Å². The van der Waals surface area contributed by atoms with E-state index in [1.807, 2.05) is 63.2 Å². The van der Waals surface area contributed by atoms with E-state index in [-0.39, 0.29) is 5.91 Å². The Hall–Kier alpha value is -2.46. The monoisotopic (exact) mass is 322 g/mol. The van der Waals surface area contributed by atoms with Gasteiger partial charge in [-0.1, -0.05) is 48.0 Å². The van der Waals surface area contributed by atoms with Gasteiger partial charge in [0.25, 0.3) is 5.91 Å². The number of nitrogens with one attached hydrogen (secondary N) is 1. The fraction of sp³-hybridized carbons (Fsp3) is 0.158. The van der Waals surface area contributed by atoms with Crippen molar-refractivity contribution in [2.75, 3.05) is 5.32 Å². The van der Waals surface area contributed by atoms with E-state index < -0.39 is 0 Å². The highest BCUT2D eigenvalue weighted by Crippen LogP contribution is 2.29. The van der Waals surface area contributed by atoms with E-state index in [0.717, 1.165) is 27.5 Å². The number of carbonyl (C=O) groups excluding carboxylic acids is 1. The zero-order chi connectivity index (χ0) is 16.4. The summed E-state index contributed by atoms with van der Waals surface area (Å²) in [6.45, 7) is 5.96. The molecule has 3 nitrogen and oxygen atoms in total. The summed E-state index contributed by atoms with van der Waals surface area (Å²) in [5.41, 5.74) is 4.78. The summed E-state index contributed by atoms with van der Waals surface area (Å²) in [6.07, 6.45) is 0. The summed E-state index contributed by atoms with van der Waals surface area (Å²) >= 11 is 1.42. The van der Waals surface area contributed by atoms with Crippen LogP contribution >= 0.6 is 11.3 Å². The lowest BCUT2D eigenvalue weighted by Crippen LogP contribution is -2.12. The quantitative estimate of drug-likeness (QED) is 0.738. The van der Waals surface area contributed by atoms with Gasteiger partial charge in [-0.2, -0.15) is 0 Å². The van der Waals surface area contributed by atoms with Gasteiger partial charge >= 0.3 is 0 Å². The van der Waals surface area contributed by atoms with Crippen LogP contribution in [0.15, 0.2) is 48.5 Å². The number of carbonyl (C=O) groups is 1. The van der Waals surface area contributed by atoms with Gasteiger partial charge in [-0.05, 0) is 32.4 Å². The van der Waals surface area contributed by atoms with Crippen LogP contribution < -0.4 is 5.32 Å². The molecule has 0 atom stereocenters. The first-order valence-electron chi connectivity index (χ1n) is 7.46. The van der Waals surface area contributed by atoms with Gasteiger partial charge in [0.2, 0.25) is 0 Å². The Kier molecular flexibility index (Phi) is 4.26. The Bertz CT molecular complexity index is 853. The second kappa shape index (κ2) is 6.34. The minimum atomic E-state index is -0.110. The van der Waals surface area contributed by atoms with Gasteiger partial charge in [0.15, 0.2) is 0 Å². The largest absolute Gasteiger partial charge is 0.321 e. The molecule has 1 heterocycles. The second-order valence-corrected chi connectivity index (χ2v) is 6.75. The lowest BCUT2D eigenvalue weighted by Gasteiger charge is -2.09. The van der Waals surface area contributed by atoms with Gasteiger partial charge in [-0.25, -0.2) is 4.98 Å². The topological polar surface area (TPSA) is 42.0 Å². The number of hydrogen-bond acceptors (Lipinski definition) is 3. The number of thiazole rings is 1. The first-order chi connectivity index (χ1) is 11.0. The number of anilines is 1. The maximum Gasteiger partial charge on any atom is 0.268 e. The molecule has 0 saturated heterocycles. The van der Waals surface area contributed by atoms with Crippen LogP contribution in [0.3, 0.4) is 0 Å². The van der Waals surface area contributed by atoms with Crippen LogP contribution in [0.1, 0.15) is 25.8 Å². The van der Waals surface area contributed by atoms with E-state index in [9.17, 15) is 4.79 Å². The fourth-order valence-corrected chi connectivity index (χ4v) is 3.34. The highest BCUT2D eigenvalue weighted by molar-refractivity contribution is 7.14. The lowest BCUT2D eigenvalue weighted by molar-refractivity contribution is 0.103. The summed E-state index contributed by atoms with van der Waals surface area (Å²) in [4.78, 5) is 17.9. The lowest BCUT2D eigenvalue weighted by atomic mass is 10.1. The Balaban J connectivity index is 1.94. The Morgan fingerprint density at radius 1 is 1.04 bits per heavy atom. The highest BCUT2D eigenvalue weighted by Gasteiger charge is 2.18. The third-order valence-electron chi connectivity index (χ3n) is 3.62. The van der Waals surface area contributed by atoms with Crippen LogP contribution in [-0.4, -0.2) is 10.9 Å². The number of benzene rings is 2. The van der Waals surface area contributed by atoms with Crippen LogP contribution in [0, 0.1) is 20.8 Å². The molecule has 0 saturated carbocycles. The minimum absolute atomic E-state index is 0.110. The molecule has 3 aromatic rings. The van der Waals surface area contributed by atoms with Gasteiger partial charge < -0.3 is 5.32 Å². The maximum atomic E-state index is 12.7. The maximum absolute atomic E-state index is 12.7. The zero-order valence-electron chi connectivity index (χ0n) is 13.4. The smallest absolute Gasteiger partial charge is 0.268 e. The number of nitrogens with zero attached hydrogens (tertiary/aromatic N) is 1. The SMILES string of the molecule is Cc1ccc(NC(=O)c2sc(C)nc2-c2ccccc2)c(C)c1. The summed E-state index contributed by atoms with van der Waals surface area (Å²) in [7, 11) is 0. The van der Waals surface area contributed by atoms with Crippen LogP contribution in [0.5, 0.6) is 0 Å².